The molecule has 0 fully saturated rings. The normalized spacial score (nSPS) is 15.6. The Bertz CT molecular complexity index is 390. The molecule has 2 atom stereocenters. The van der Waals surface area contributed by atoms with Gasteiger partial charge >= 0.3 is 0 Å². The lowest BCUT2D eigenvalue weighted by molar-refractivity contribution is -0.126. The summed E-state index contributed by atoms with van der Waals surface area (Å²) in [6.07, 6.45) is 1.000. The first-order chi connectivity index (χ1) is 8.95. The maximum atomic E-state index is 11.8. The molecule has 1 aromatic carbocycles. The van der Waals surface area contributed by atoms with Gasteiger partial charge in [-0.15, -0.1) is 0 Å². The zero-order chi connectivity index (χ0) is 14.3. The van der Waals surface area contributed by atoms with Crippen LogP contribution in [0.5, 0.6) is 0 Å². The third-order valence-corrected chi connectivity index (χ3v) is 3.06. The van der Waals surface area contributed by atoms with Crippen LogP contribution in [0.2, 0.25) is 0 Å². The van der Waals surface area contributed by atoms with Gasteiger partial charge in [-0.25, -0.2) is 0 Å². The van der Waals surface area contributed by atoms with Gasteiger partial charge in [-0.3, -0.25) is 4.79 Å². The zero-order valence-corrected chi connectivity index (χ0v) is 11.6. The highest BCUT2D eigenvalue weighted by Gasteiger charge is 2.26. The molecular weight excluding hydrogens is 242 g/mol. The van der Waals surface area contributed by atoms with Gasteiger partial charge in [0.25, 0.3) is 0 Å². The highest BCUT2D eigenvalue weighted by Crippen LogP contribution is 2.23. The molecule has 1 aromatic rings. The lowest BCUT2D eigenvalue weighted by Crippen LogP contribution is -2.36. The van der Waals surface area contributed by atoms with Gasteiger partial charge in [0.05, 0.1) is 18.1 Å². The lowest BCUT2D eigenvalue weighted by atomic mass is 9.92. The third-order valence-electron chi connectivity index (χ3n) is 3.06. The molecule has 106 valence electrons. The molecule has 2 unspecified atom stereocenters. The predicted octanol–water partition coefficient (Wildman–Crippen LogP) is 1.56. The van der Waals surface area contributed by atoms with E-state index in [0.29, 0.717) is 12.0 Å². The number of carbonyl (C=O) groups excluding carboxylic acids is 1. The van der Waals surface area contributed by atoms with E-state index in [9.17, 15) is 15.0 Å². The fourth-order valence-electron chi connectivity index (χ4n) is 1.94. The minimum atomic E-state index is -1.19. The van der Waals surface area contributed by atoms with Gasteiger partial charge in [-0.05, 0) is 18.9 Å². The number of hydrogen-bond donors (Lipinski definition) is 3. The van der Waals surface area contributed by atoms with Gasteiger partial charge < -0.3 is 15.5 Å². The number of amides is 1. The monoisotopic (exact) mass is 265 g/mol. The van der Waals surface area contributed by atoms with Crippen LogP contribution in [-0.2, 0) is 10.4 Å². The molecule has 1 rings (SSSR count). The van der Waals surface area contributed by atoms with E-state index in [1.54, 1.807) is 19.1 Å². The molecule has 0 bridgehead atoms. The molecule has 0 saturated carbocycles. The average molecular weight is 265 g/mol. The number of nitrogens with one attached hydrogen (secondary N) is 1. The highest BCUT2D eigenvalue weighted by molar-refractivity contribution is 5.77. The molecule has 0 aliphatic rings. The van der Waals surface area contributed by atoms with Crippen molar-refractivity contribution in [2.45, 2.75) is 44.8 Å². The fraction of sp³-hybridized carbons (Fsp3) is 0.533. The predicted molar refractivity (Wildman–Crippen MR) is 74.6 cm³/mol. The van der Waals surface area contributed by atoms with E-state index in [0.717, 1.165) is 6.42 Å². The van der Waals surface area contributed by atoms with E-state index in [1.807, 2.05) is 25.1 Å². The van der Waals surface area contributed by atoms with Crippen molar-refractivity contribution in [3.05, 3.63) is 35.9 Å². The van der Waals surface area contributed by atoms with Crippen LogP contribution in [0.4, 0.5) is 0 Å². The molecule has 0 radical (unpaired) electrons. The second-order valence-electron chi connectivity index (χ2n) is 5.06. The molecule has 19 heavy (non-hydrogen) atoms. The molecule has 0 aliphatic carbocycles. The molecule has 3 N–H and O–H groups in total. The summed E-state index contributed by atoms with van der Waals surface area (Å²) in [5, 5.41) is 22.5. The topological polar surface area (TPSA) is 69.6 Å². The van der Waals surface area contributed by atoms with Crippen molar-refractivity contribution in [1.29, 1.82) is 0 Å². The second kappa shape index (κ2) is 7.26. The van der Waals surface area contributed by atoms with Gasteiger partial charge in [0, 0.05) is 6.54 Å². The van der Waals surface area contributed by atoms with Crippen LogP contribution < -0.4 is 5.32 Å². The zero-order valence-electron chi connectivity index (χ0n) is 11.6. The van der Waals surface area contributed by atoms with Gasteiger partial charge in [-0.1, -0.05) is 43.7 Å². The molecule has 4 heteroatoms. The maximum absolute atomic E-state index is 11.8. The minimum Gasteiger partial charge on any atom is -0.391 e. The van der Waals surface area contributed by atoms with Crippen molar-refractivity contribution in [3.63, 3.8) is 0 Å². The van der Waals surface area contributed by atoms with E-state index >= 15 is 0 Å². The number of carbonyl (C=O) groups is 1. The van der Waals surface area contributed by atoms with Crippen LogP contribution in [-0.4, -0.2) is 28.8 Å². The highest BCUT2D eigenvalue weighted by atomic mass is 16.3. The number of hydrogen-bond acceptors (Lipinski definition) is 3. The van der Waals surface area contributed by atoms with E-state index in [2.05, 4.69) is 5.32 Å². The lowest BCUT2D eigenvalue weighted by Gasteiger charge is -2.23. The van der Waals surface area contributed by atoms with Crippen molar-refractivity contribution in [1.82, 2.24) is 5.32 Å². The molecule has 0 heterocycles. The van der Waals surface area contributed by atoms with E-state index < -0.39 is 11.7 Å². The first-order valence-electron chi connectivity index (χ1n) is 6.68. The molecule has 0 aliphatic heterocycles. The van der Waals surface area contributed by atoms with E-state index in [4.69, 9.17) is 0 Å². The van der Waals surface area contributed by atoms with Crippen LogP contribution in [0.25, 0.3) is 0 Å². The van der Waals surface area contributed by atoms with Crippen LogP contribution in [0.1, 0.15) is 38.7 Å². The minimum absolute atomic E-state index is 0.0180. The maximum Gasteiger partial charge on any atom is 0.223 e. The molecule has 0 aromatic heterocycles. The summed E-state index contributed by atoms with van der Waals surface area (Å²) in [5.74, 6) is -0.260. The summed E-state index contributed by atoms with van der Waals surface area (Å²) in [7, 11) is 0. The van der Waals surface area contributed by atoms with Gasteiger partial charge in [0.15, 0.2) is 0 Å². The summed E-state index contributed by atoms with van der Waals surface area (Å²) in [4.78, 5) is 11.8. The number of aliphatic hydroxyl groups is 2. The Labute approximate surface area is 114 Å². The first kappa shape index (κ1) is 15.7. The number of rotatable bonds is 7. The molecule has 4 nitrogen and oxygen atoms in total. The fourth-order valence-corrected chi connectivity index (χ4v) is 1.94. The molecule has 1 amide bonds. The van der Waals surface area contributed by atoms with Crippen LogP contribution >= 0.6 is 0 Å². The van der Waals surface area contributed by atoms with Crippen LogP contribution in [0, 0.1) is 0 Å². The molecular formula is C15H23NO3. The van der Waals surface area contributed by atoms with E-state index in [1.165, 1.54) is 0 Å². The summed E-state index contributed by atoms with van der Waals surface area (Å²) in [5.41, 5.74) is -0.486. The van der Waals surface area contributed by atoms with Crippen molar-refractivity contribution < 1.29 is 15.0 Å². The number of aliphatic hydroxyl groups excluding tert-OH is 1. The van der Waals surface area contributed by atoms with Crippen LogP contribution in [0.3, 0.4) is 0 Å². The Morgan fingerprint density at radius 2 is 2.00 bits per heavy atom. The Morgan fingerprint density at radius 3 is 2.58 bits per heavy atom. The molecule has 0 spiro atoms. The second-order valence-corrected chi connectivity index (χ2v) is 5.06. The number of benzene rings is 1. The van der Waals surface area contributed by atoms with Gasteiger partial charge in [0.2, 0.25) is 5.91 Å². The van der Waals surface area contributed by atoms with Crippen molar-refractivity contribution in [3.8, 4) is 0 Å². The Balaban J connectivity index is 2.47. The summed E-state index contributed by atoms with van der Waals surface area (Å²) in [6, 6.07) is 9.10. The summed E-state index contributed by atoms with van der Waals surface area (Å²) >= 11 is 0. The third kappa shape index (κ3) is 5.41. The Morgan fingerprint density at radius 1 is 1.37 bits per heavy atom. The summed E-state index contributed by atoms with van der Waals surface area (Å²) in [6.45, 7) is 3.83. The summed E-state index contributed by atoms with van der Waals surface area (Å²) < 4.78 is 0. The largest absolute Gasteiger partial charge is 0.391 e. The Hall–Kier alpha value is -1.39. The average Bonchev–Trinajstić information content (AvgIpc) is 2.37. The SMILES string of the molecule is CCCC(O)CNC(=O)CC(C)(O)c1ccccc1. The van der Waals surface area contributed by atoms with Gasteiger partial charge in [0.1, 0.15) is 0 Å². The smallest absolute Gasteiger partial charge is 0.223 e. The quantitative estimate of drug-likeness (QED) is 0.701. The standard InChI is InChI=1S/C15H23NO3/c1-3-7-13(17)11-16-14(18)10-15(2,19)12-8-5-4-6-9-12/h4-6,8-9,13,17,19H,3,7,10-11H2,1-2H3,(H,16,18). The van der Waals surface area contributed by atoms with Gasteiger partial charge in [-0.2, -0.15) is 0 Å². The Kier molecular flexibility index (Phi) is 5.99. The van der Waals surface area contributed by atoms with Crippen molar-refractivity contribution >= 4 is 5.91 Å². The van der Waals surface area contributed by atoms with E-state index in [-0.39, 0.29) is 18.9 Å². The first-order valence-corrected chi connectivity index (χ1v) is 6.68. The van der Waals surface area contributed by atoms with Crippen molar-refractivity contribution in [2.75, 3.05) is 6.54 Å². The van der Waals surface area contributed by atoms with Crippen molar-refractivity contribution in [2.24, 2.45) is 0 Å². The molecule has 0 saturated heterocycles. The van der Waals surface area contributed by atoms with Crippen LogP contribution in [0.15, 0.2) is 30.3 Å².